The maximum Gasteiger partial charge on any atom is 0.214 e. The zero-order valence-corrected chi connectivity index (χ0v) is 14.2. The van der Waals surface area contributed by atoms with Crippen molar-refractivity contribution in [2.45, 2.75) is 32.2 Å². The van der Waals surface area contributed by atoms with Gasteiger partial charge in [-0.25, -0.2) is 4.98 Å². The molecule has 126 valence electrons. The molecule has 1 aromatic heterocycles. The third-order valence-corrected chi connectivity index (χ3v) is 5.37. The van der Waals surface area contributed by atoms with Crippen LogP contribution in [0.4, 0.5) is 0 Å². The quantitative estimate of drug-likeness (QED) is 0.695. The minimum absolute atomic E-state index is 0.559. The number of rotatable bonds is 3. The van der Waals surface area contributed by atoms with Gasteiger partial charge in [-0.2, -0.15) is 0 Å². The van der Waals surface area contributed by atoms with Gasteiger partial charge in [0.05, 0.1) is 12.7 Å². The van der Waals surface area contributed by atoms with Gasteiger partial charge in [0.25, 0.3) is 0 Å². The smallest absolute Gasteiger partial charge is 0.214 e. The largest absolute Gasteiger partial charge is 0.439 e. The minimum Gasteiger partial charge on any atom is -0.439 e. The Morgan fingerprint density at radius 1 is 1.29 bits per heavy atom. The van der Waals surface area contributed by atoms with Crippen LogP contribution < -0.4 is 5.32 Å². The number of nitrogens with zero attached hydrogens (tertiary/aromatic N) is 3. The van der Waals surface area contributed by atoms with Gasteiger partial charge in [-0.05, 0) is 24.7 Å². The van der Waals surface area contributed by atoms with Crippen LogP contribution in [0.25, 0.3) is 11.3 Å². The highest BCUT2D eigenvalue weighted by atomic mass is 16.4. The summed E-state index contributed by atoms with van der Waals surface area (Å²) in [6, 6.07) is 10.1. The highest BCUT2D eigenvalue weighted by molar-refractivity contribution is 5.80. The van der Waals surface area contributed by atoms with Crippen molar-refractivity contribution in [1.82, 2.24) is 15.2 Å². The van der Waals surface area contributed by atoms with Gasteiger partial charge < -0.3 is 14.6 Å². The summed E-state index contributed by atoms with van der Waals surface area (Å²) in [4.78, 5) is 11.2. The Labute approximate surface area is 142 Å². The van der Waals surface area contributed by atoms with E-state index in [0.717, 1.165) is 30.4 Å². The molecule has 1 saturated carbocycles. The third kappa shape index (κ3) is 2.90. The first kappa shape index (κ1) is 15.2. The summed E-state index contributed by atoms with van der Waals surface area (Å²) in [7, 11) is 1.85. The van der Waals surface area contributed by atoms with Crippen molar-refractivity contribution < 1.29 is 4.42 Å². The fraction of sp³-hybridized carbons (Fsp3) is 0.474. The van der Waals surface area contributed by atoms with Gasteiger partial charge in [0.1, 0.15) is 0 Å². The number of oxazole rings is 1. The van der Waals surface area contributed by atoms with Crippen molar-refractivity contribution in [3.8, 4) is 11.3 Å². The van der Waals surface area contributed by atoms with Crippen LogP contribution in [0.1, 0.15) is 31.6 Å². The molecule has 2 aromatic rings. The number of guanidine groups is 1. The molecule has 2 aliphatic rings. The lowest BCUT2D eigenvalue weighted by molar-refractivity contribution is 0.151. The topological polar surface area (TPSA) is 53.7 Å². The normalized spacial score (nSPS) is 19.5. The van der Waals surface area contributed by atoms with Crippen LogP contribution in [0.5, 0.6) is 0 Å². The minimum atomic E-state index is 0.559. The molecule has 2 heterocycles. The molecule has 5 nitrogen and oxygen atoms in total. The number of hydrogen-bond donors (Lipinski definition) is 1. The molecule has 0 radical (unpaired) electrons. The van der Waals surface area contributed by atoms with E-state index in [1.807, 2.05) is 37.4 Å². The summed E-state index contributed by atoms with van der Waals surface area (Å²) in [5.41, 5.74) is 1.62. The van der Waals surface area contributed by atoms with Gasteiger partial charge in [-0.1, -0.05) is 36.8 Å². The molecule has 1 N–H and O–H groups in total. The molecule has 0 bridgehead atoms. The van der Waals surface area contributed by atoms with Crippen LogP contribution in [-0.4, -0.2) is 36.0 Å². The predicted molar refractivity (Wildman–Crippen MR) is 94.6 cm³/mol. The Bertz CT molecular complexity index is 718. The first-order chi connectivity index (χ1) is 11.8. The molecule has 1 aliphatic heterocycles. The first-order valence-corrected chi connectivity index (χ1v) is 8.74. The van der Waals surface area contributed by atoms with Crippen LogP contribution in [0.15, 0.2) is 45.9 Å². The Morgan fingerprint density at radius 3 is 2.79 bits per heavy atom. The van der Waals surface area contributed by atoms with E-state index < -0.39 is 0 Å². The molecule has 1 aromatic carbocycles. The number of likely N-dealkylation sites (tertiary alicyclic amines) is 1. The maximum atomic E-state index is 5.85. The van der Waals surface area contributed by atoms with Gasteiger partial charge in [0.15, 0.2) is 11.7 Å². The lowest BCUT2D eigenvalue weighted by Gasteiger charge is -2.38. The lowest BCUT2D eigenvalue weighted by Crippen LogP contribution is -2.42. The number of benzene rings is 1. The zero-order chi connectivity index (χ0) is 16.4. The number of aromatic nitrogens is 1. The predicted octanol–water partition coefficient (Wildman–Crippen LogP) is 3.29. The van der Waals surface area contributed by atoms with E-state index in [4.69, 9.17) is 4.42 Å². The van der Waals surface area contributed by atoms with E-state index in [9.17, 15) is 0 Å². The summed E-state index contributed by atoms with van der Waals surface area (Å²) in [5, 5.41) is 3.40. The van der Waals surface area contributed by atoms with Gasteiger partial charge in [-0.3, -0.25) is 4.99 Å². The second-order valence-electron chi connectivity index (χ2n) is 6.91. The average molecular weight is 324 g/mol. The van der Waals surface area contributed by atoms with E-state index in [1.54, 1.807) is 6.20 Å². The Kier molecular flexibility index (Phi) is 4.00. The van der Waals surface area contributed by atoms with Gasteiger partial charge in [0, 0.05) is 25.7 Å². The van der Waals surface area contributed by atoms with E-state index in [2.05, 4.69) is 20.2 Å². The molecular formula is C19H24N4O. The van der Waals surface area contributed by atoms with E-state index in [0.29, 0.717) is 17.9 Å². The van der Waals surface area contributed by atoms with E-state index in [-0.39, 0.29) is 0 Å². The number of nitrogens with one attached hydrogen (secondary N) is 1. The lowest BCUT2D eigenvalue weighted by atomic mass is 9.68. The average Bonchev–Trinajstić information content (AvgIpc) is 3.23. The van der Waals surface area contributed by atoms with Crippen LogP contribution in [-0.2, 0) is 6.54 Å². The van der Waals surface area contributed by atoms with Gasteiger partial charge >= 0.3 is 0 Å². The second kappa shape index (κ2) is 6.30. The summed E-state index contributed by atoms with van der Waals surface area (Å²) >= 11 is 0. The van der Waals surface area contributed by atoms with Crippen molar-refractivity contribution in [2.24, 2.45) is 10.4 Å². The SMILES string of the molecule is CN=C(NCc1ncc(-c2ccccc2)o1)N1CCC2(CCC2)C1. The van der Waals surface area contributed by atoms with Crippen molar-refractivity contribution in [1.29, 1.82) is 0 Å². The number of aliphatic imine (C=N–C) groups is 1. The molecule has 1 spiro atoms. The van der Waals surface area contributed by atoms with Crippen LogP contribution in [0, 0.1) is 5.41 Å². The second-order valence-corrected chi connectivity index (χ2v) is 6.91. The molecule has 0 unspecified atom stereocenters. The summed E-state index contributed by atoms with van der Waals surface area (Å²) in [6.07, 6.45) is 7.22. The van der Waals surface area contributed by atoms with Crippen LogP contribution >= 0.6 is 0 Å². The molecule has 1 aliphatic carbocycles. The Balaban J connectivity index is 1.37. The van der Waals surface area contributed by atoms with Crippen molar-refractivity contribution >= 4 is 5.96 Å². The zero-order valence-electron chi connectivity index (χ0n) is 14.2. The summed E-state index contributed by atoms with van der Waals surface area (Å²) in [6.45, 7) is 2.79. The van der Waals surface area contributed by atoms with Gasteiger partial charge in [-0.15, -0.1) is 0 Å². The van der Waals surface area contributed by atoms with Crippen LogP contribution in [0.3, 0.4) is 0 Å². The molecule has 5 heteroatoms. The molecular weight excluding hydrogens is 300 g/mol. The number of hydrogen-bond acceptors (Lipinski definition) is 3. The van der Waals surface area contributed by atoms with Crippen molar-refractivity contribution in [3.63, 3.8) is 0 Å². The van der Waals surface area contributed by atoms with E-state index in [1.165, 1.54) is 25.7 Å². The molecule has 24 heavy (non-hydrogen) atoms. The molecule has 0 amide bonds. The highest BCUT2D eigenvalue weighted by Gasteiger charge is 2.43. The first-order valence-electron chi connectivity index (χ1n) is 8.74. The molecule has 2 fully saturated rings. The fourth-order valence-corrected chi connectivity index (χ4v) is 3.82. The summed E-state index contributed by atoms with van der Waals surface area (Å²) in [5.74, 6) is 2.45. The van der Waals surface area contributed by atoms with Crippen molar-refractivity contribution in [3.05, 3.63) is 42.4 Å². The molecule has 4 rings (SSSR count). The Morgan fingerprint density at radius 2 is 2.12 bits per heavy atom. The fourth-order valence-electron chi connectivity index (χ4n) is 3.82. The molecule has 0 atom stereocenters. The highest BCUT2D eigenvalue weighted by Crippen LogP contribution is 2.47. The maximum absolute atomic E-state index is 5.85. The van der Waals surface area contributed by atoms with Crippen LogP contribution in [0.2, 0.25) is 0 Å². The summed E-state index contributed by atoms with van der Waals surface area (Å²) < 4.78 is 5.85. The van der Waals surface area contributed by atoms with Gasteiger partial charge in [0.2, 0.25) is 5.89 Å². The monoisotopic (exact) mass is 324 g/mol. The third-order valence-electron chi connectivity index (χ3n) is 5.37. The van der Waals surface area contributed by atoms with E-state index >= 15 is 0 Å². The molecule has 1 saturated heterocycles. The standard InChI is InChI=1S/C19H24N4O/c1-20-18(23-11-10-19(14-23)8-5-9-19)22-13-17-21-12-16(24-17)15-6-3-2-4-7-15/h2-4,6-7,12H,5,8-11,13-14H2,1H3,(H,20,22). The van der Waals surface area contributed by atoms with Crippen molar-refractivity contribution in [2.75, 3.05) is 20.1 Å². The Hall–Kier alpha value is -2.30.